The zero-order valence-electron chi connectivity index (χ0n) is 13.9. The molecule has 1 amide bonds. The van der Waals surface area contributed by atoms with Gasteiger partial charge in [-0.2, -0.15) is 0 Å². The molecule has 1 aliphatic heterocycles. The number of amides is 1. The predicted molar refractivity (Wildman–Crippen MR) is 94.8 cm³/mol. The van der Waals surface area contributed by atoms with Gasteiger partial charge in [-0.05, 0) is 43.5 Å². The second kappa shape index (κ2) is 8.13. The van der Waals surface area contributed by atoms with Crippen LogP contribution in [0.25, 0.3) is 11.3 Å². The van der Waals surface area contributed by atoms with E-state index in [1.807, 2.05) is 47.4 Å². The molecule has 0 saturated carbocycles. The van der Waals surface area contributed by atoms with Crippen molar-refractivity contribution in [2.45, 2.75) is 25.4 Å². The lowest BCUT2D eigenvalue weighted by atomic mass is 10.1. The van der Waals surface area contributed by atoms with Gasteiger partial charge in [-0.25, -0.2) is 0 Å². The van der Waals surface area contributed by atoms with Crippen LogP contribution in [0, 0.1) is 0 Å². The molecule has 2 aromatic rings. The van der Waals surface area contributed by atoms with Crippen molar-refractivity contribution in [3.63, 3.8) is 0 Å². The molecule has 1 aromatic heterocycles. The second-order valence-corrected chi connectivity index (χ2v) is 6.16. The minimum absolute atomic E-state index is 0.0672. The molecule has 2 heterocycles. The van der Waals surface area contributed by atoms with Crippen LogP contribution in [0.2, 0.25) is 0 Å². The summed E-state index contributed by atoms with van der Waals surface area (Å²) in [7, 11) is 0. The molecule has 0 bridgehead atoms. The molecule has 0 spiro atoms. The van der Waals surface area contributed by atoms with E-state index in [4.69, 9.17) is 10.5 Å². The van der Waals surface area contributed by atoms with E-state index in [0.29, 0.717) is 18.8 Å². The van der Waals surface area contributed by atoms with Crippen LogP contribution >= 0.6 is 0 Å². The zero-order chi connectivity index (χ0) is 16.8. The molecule has 0 radical (unpaired) electrons. The number of likely N-dealkylation sites (tertiary alicyclic amines) is 1. The number of benzene rings is 1. The fourth-order valence-electron chi connectivity index (χ4n) is 3.04. The molecule has 1 aliphatic rings. The molecular formula is C19H25N3O2. The predicted octanol–water partition coefficient (Wildman–Crippen LogP) is 2.65. The van der Waals surface area contributed by atoms with Crippen molar-refractivity contribution in [1.29, 1.82) is 0 Å². The number of aromatic nitrogens is 1. The number of nitrogens with one attached hydrogen (secondary N) is 1. The first-order valence-corrected chi connectivity index (χ1v) is 8.63. The summed E-state index contributed by atoms with van der Waals surface area (Å²) in [4.78, 5) is 17.8. The summed E-state index contributed by atoms with van der Waals surface area (Å²) < 4.78 is 5.79. The number of nitrogens with zero attached hydrogens (tertiary/aromatic N) is 1. The highest BCUT2D eigenvalue weighted by molar-refractivity contribution is 5.93. The summed E-state index contributed by atoms with van der Waals surface area (Å²) in [5.41, 5.74) is 8.19. The highest BCUT2D eigenvalue weighted by Gasteiger charge is 2.24. The van der Waals surface area contributed by atoms with E-state index in [0.717, 1.165) is 43.6 Å². The van der Waals surface area contributed by atoms with Crippen LogP contribution in [-0.4, -0.2) is 48.1 Å². The summed E-state index contributed by atoms with van der Waals surface area (Å²) >= 11 is 0. The van der Waals surface area contributed by atoms with Crippen LogP contribution in [0.1, 0.15) is 29.8 Å². The van der Waals surface area contributed by atoms with Crippen molar-refractivity contribution in [3.05, 3.63) is 48.2 Å². The summed E-state index contributed by atoms with van der Waals surface area (Å²) in [5, 5.41) is 0. The van der Waals surface area contributed by atoms with Crippen molar-refractivity contribution < 1.29 is 9.53 Å². The van der Waals surface area contributed by atoms with Crippen molar-refractivity contribution in [2.75, 3.05) is 26.2 Å². The number of carbonyl (C=O) groups is 1. The number of rotatable bonds is 6. The normalized spacial score (nSPS) is 15.6. The third-order valence-electron chi connectivity index (χ3n) is 4.43. The van der Waals surface area contributed by atoms with Crippen molar-refractivity contribution in [2.24, 2.45) is 5.73 Å². The van der Waals surface area contributed by atoms with Gasteiger partial charge in [0.05, 0.1) is 6.10 Å². The van der Waals surface area contributed by atoms with E-state index in [1.54, 1.807) is 0 Å². The molecule has 1 saturated heterocycles. The lowest BCUT2D eigenvalue weighted by Gasteiger charge is -2.31. The number of piperidine rings is 1. The van der Waals surface area contributed by atoms with Gasteiger partial charge in [-0.3, -0.25) is 4.79 Å². The Hall–Kier alpha value is -2.11. The first-order chi connectivity index (χ1) is 11.8. The van der Waals surface area contributed by atoms with Crippen LogP contribution in [0.3, 0.4) is 0 Å². The molecule has 3 rings (SSSR count). The molecule has 0 atom stereocenters. The Morgan fingerprint density at radius 2 is 1.92 bits per heavy atom. The molecule has 1 aromatic carbocycles. The minimum Gasteiger partial charge on any atom is -0.378 e. The zero-order valence-corrected chi connectivity index (χ0v) is 13.9. The summed E-state index contributed by atoms with van der Waals surface area (Å²) in [6.07, 6.45) is 2.93. The van der Waals surface area contributed by atoms with Crippen LogP contribution in [0.5, 0.6) is 0 Å². The Balaban J connectivity index is 1.55. The topological polar surface area (TPSA) is 71.3 Å². The smallest absolute Gasteiger partial charge is 0.270 e. The van der Waals surface area contributed by atoms with Crippen LogP contribution < -0.4 is 5.73 Å². The molecule has 128 valence electrons. The number of nitrogens with two attached hydrogens (primary N) is 1. The summed E-state index contributed by atoms with van der Waals surface area (Å²) in [5.74, 6) is 0.0672. The van der Waals surface area contributed by atoms with Gasteiger partial charge in [0.1, 0.15) is 5.69 Å². The Bertz CT molecular complexity index is 646. The Morgan fingerprint density at radius 1 is 1.17 bits per heavy atom. The molecule has 1 fully saturated rings. The third-order valence-corrected chi connectivity index (χ3v) is 4.43. The fraction of sp³-hybridized carbons (Fsp3) is 0.421. The third kappa shape index (κ3) is 4.04. The average molecular weight is 327 g/mol. The van der Waals surface area contributed by atoms with Gasteiger partial charge in [0, 0.05) is 25.4 Å². The first kappa shape index (κ1) is 16.7. The van der Waals surface area contributed by atoms with E-state index >= 15 is 0 Å². The lowest BCUT2D eigenvalue weighted by molar-refractivity contribution is 0.00831. The first-order valence-electron chi connectivity index (χ1n) is 8.63. The SMILES string of the molecule is NCCCOC1CCN(C(=O)c2ccc(-c3ccccc3)[nH]2)CC1. The number of ether oxygens (including phenoxy) is 1. The maximum Gasteiger partial charge on any atom is 0.270 e. The number of hydrogen-bond donors (Lipinski definition) is 2. The molecule has 3 N–H and O–H groups in total. The number of carbonyl (C=O) groups excluding carboxylic acids is 1. The monoisotopic (exact) mass is 327 g/mol. The van der Waals surface area contributed by atoms with Crippen LogP contribution in [0.4, 0.5) is 0 Å². The average Bonchev–Trinajstić information content (AvgIpc) is 3.13. The maximum absolute atomic E-state index is 12.6. The second-order valence-electron chi connectivity index (χ2n) is 6.16. The molecular weight excluding hydrogens is 302 g/mol. The van der Waals surface area contributed by atoms with Gasteiger partial charge in [0.2, 0.25) is 0 Å². The van der Waals surface area contributed by atoms with Gasteiger partial charge in [0.25, 0.3) is 5.91 Å². The van der Waals surface area contributed by atoms with Gasteiger partial charge in [-0.1, -0.05) is 30.3 Å². The molecule has 0 unspecified atom stereocenters. The Kier molecular flexibility index (Phi) is 5.67. The van der Waals surface area contributed by atoms with E-state index in [1.165, 1.54) is 0 Å². The standard InChI is InChI=1S/C19H25N3O2/c20-11-4-14-24-16-9-12-22(13-10-16)19(23)18-8-7-17(21-18)15-5-2-1-3-6-15/h1-3,5-8,16,21H,4,9-14,20H2. The van der Waals surface area contributed by atoms with Crippen molar-refractivity contribution in [3.8, 4) is 11.3 Å². The van der Waals surface area contributed by atoms with Gasteiger partial charge in [-0.15, -0.1) is 0 Å². The molecule has 0 aliphatic carbocycles. The quantitative estimate of drug-likeness (QED) is 0.801. The molecule has 5 heteroatoms. The Labute approximate surface area is 142 Å². The summed E-state index contributed by atoms with van der Waals surface area (Å²) in [6, 6.07) is 13.9. The van der Waals surface area contributed by atoms with Crippen molar-refractivity contribution >= 4 is 5.91 Å². The summed E-state index contributed by atoms with van der Waals surface area (Å²) in [6.45, 7) is 2.86. The van der Waals surface area contributed by atoms with E-state index in [-0.39, 0.29) is 12.0 Å². The maximum atomic E-state index is 12.6. The number of hydrogen-bond acceptors (Lipinski definition) is 3. The van der Waals surface area contributed by atoms with Gasteiger partial charge < -0.3 is 20.4 Å². The van der Waals surface area contributed by atoms with Gasteiger partial charge >= 0.3 is 0 Å². The number of aromatic amines is 1. The minimum atomic E-state index is 0.0672. The highest BCUT2D eigenvalue weighted by Crippen LogP contribution is 2.20. The van der Waals surface area contributed by atoms with E-state index in [2.05, 4.69) is 4.98 Å². The van der Waals surface area contributed by atoms with Crippen LogP contribution in [0.15, 0.2) is 42.5 Å². The largest absolute Gasteiger partial charge is 0.378 e. The number of H-pyrrole nitrogens is 1. The van der Waals surface area contributed by atoms with E-state index < -0.39 is 0 Å². The fourth-order valence-corrected chi connectivity index (χ4v) is 3.04. The van der Waals surface area contributed by atoms with Crippen molar-refractivity contribution in [1.82, 2.24) is 9.88 Å². The van der Waals surface area contributed by atoms with Crippen LogP contribution in [-0.2, 0) is 4.74 Å². The lowest BCUT2D eigenvalue weighted by Crippen LogP contribution is -2.41. The molecule has 24 heavy (non-hydrogen) atoms. The Morgan fingerprint density at radius 3 is 2.62 bits per heavy atom. The van der Waals surface area contributed by atoms with Gasteiger partial charge in [0.15, 0.2) is 0 Å². The van der Waals surface area contributed by atoms with E-state index in [9.17, 15) is 4.79 Å². The highest BCUT2D eigenvalue weighted by atomic mass is 16.5. The molecule has 5 nitrogen and oxygen atoms in total.